The van der Waals surface area contributed by atoms with Crippen molar-refractivity contribution in [1.29, 1.82) is 0 Å². The van der Waals surface area contributed by atoms with Gasteiger partial charge in [0.1, 0.15) is 0 Å². The molecular formula is C11H10ClN3OS. The van der Waals surface area contributed by atoms with E-state index < -0.39 is 0 Å². The van der Waals surface area contributed by atoms with Gasteiger partial charge >= 0.3 is 0 Å². The summed E-state index contributed by atoms with van der Waals surface area (Å²) in [6.07, 6.45) is 0. The Labute approximate surface area is 107 Å². The Hall–Kier alpha value is -1.59. The van der Waals surface area contributed by atoms with Crippen molar-refractivity contribution < 1.29 is 4.79 Å². The highest BCUT2D eigenvalue weighted by molar-refractivity contribution is 7.13. The Morgan fingerprint density at radius 2 is 2.29 bits per heavy atom. The van der Waals surface area contributed by atoms with Crippen LogP contribution in [0.15, 0.2) is 23.6 Å². The molecule has 0 saturated carbocycles. The van der Waals surface area contributed by atoms with E-state index in [4.69, 9.17) is 17.3 Å². The second-order valence-electron chi connectivity index (χ2n) is 3.48. The number of aromatic nitrogens is 1. The molecule has 3 N–H and O–H groups in total. The summed E-state index contributed by atoms with van der Waals surface area (Å²) in [5, 5.41) is 5.57. The Bertz CT molecular complexity index is 568. The third-order valence-electron chi connectivity index (χ3n) is 2.10. The number of nitrogens with two attached hydrogens (primary N) is 1. The zero-order chi connectivity index (χ0) is 12.4. The summed E-state index contributed by atoms with van der Waals surface area (Å²) in [6, 6.07) is 4.76. The molecule has 1 heterocycles. The number of carbonyl (C=O) groups excluding carboxylic acids is 1. The van der Waals surface area contributed by atoms with E-state index >= 15 is 0 Å². The number of amides is 1. The number of nitrogens with zero attached hydrogens (tertiary/aromatic N) is 1. The molecule has 0 bridgehead atoms. The smallest absolute Gasteiger partial charge is 0.257 e. The SMILES string of the molecule is Cc1csc(NC(=O)c2ccc(Cl)c(N)c2)n1. The predicted octanol–water partition coefficient (Wildman–Crippen LogP) is 2.94. The molecule has 2 rings (SSSR count). The van der Waals surface area contributed by atoms with Crippen molar-refractivity contribution in [2.45, 2.75) is 6.92 Å². The van der Waals surface area contributed by atoms with Crippen LogP contribution >= 0.6 is 22.9 Å². The van der Waals surface area contributed by atoms with E-state index in [1.54, 1.807) is 12.1 Å². The number of thiazole rings is 1. The third-order valence-corrected chi connectivity index (χ3v) is 3.32. The average molecular weight is 268 g/mol. The van der Waals surface area contributed by atoms with Crippen LogP contribution in [0.2, 0.25) is 5.02 Å². The fourth-order valence-corrected chi connectivity index (χ4v) is 2.07. The van der Waals surface area contributed by atoms with Gasteiger partial charge in [-0.25, -0.2) is 4.98 Å². The molecule has 6 heteroatoms. The molecule has 0 spiro atoms. The zero-order valence-corrected chi connectivity index (χ0v) is 10.6. The molecule has 17 heavy (non-hydrogen) atoms. The van der Waals surface area contributed by atoms with E-state index in [0.717, 1.165) is 5.69 Å². The van der Waals surface area contributed by atoms with Crippen molar-refractivity contribution in [3.63, 3.8) is 0 Å². The van der Waals surface area contributed by atoms with E-state index in [1.165, 1.54) is 17.4 Å². The number of anilines is 2. The molecule has 2 aromatic rings. The fourth-order valence-electron chi connectivity index (χ4n) is 1.27. The highest BCUT2D eigenvalue weighted by Gasteiger charge is 2.09. The summed E-state index contributed by atoms with van der Waals surface area (Å²) < 4.78 is 0. The monoisotopic (exact) mass is 267 g/mol. The van der Waals surface area contributed by atoms with Crippen molar-refractivity contribution in [3.05, 3.63) is 39.9 Å². The molecule has 0 aliphatic rings. The van der Waals surface area contributed by atoms with Crippen molar-refractivity contribution in [2.24, 2.45) is 0 Å². The first-order valence-corrected chi connectivity index (χ1v) is 6.10. The van der Waals surface area contributed by atoms with E-state index in [2.05, 4.69) is 10.3 Å². The van der Waals surface area contributed by atoms with Gasteiger partial charge in [-0.05, 0) is 25.1 Å². The maximum absolute atomic E-state index is 11.8. The number of rotatable bonds is 2. The number of nitrogens with one attached hydrogen (secondary N) is 1. The lowest BCUT2D eigenvalue weighted by Crippen LogP contribution is -2.12. The van der Waals surface area contributed by atoms with Crippen LogP contribution in [-0.2, 0) is 0 Å². The van der Waals surface area contributed by atoms with Crippen LogP contribution in [0.25, 0.3) is 0 Å². The summed E-state index contributed by atoms with van der Waals surface area (Å²) in [4.78, 5) is 16.0. The van der Waals surface area contributed by atoms with Gasteiger partial charge in [0.2, 0.25) is 0 Å². The lowest BCUT2D eigenvalue weighted by Gasteiger charge is -2.03. The van der Waals surface area contributed by atoms with Crippen LogP contribution < -0.4 is 11.1 Å². The summed E-state index contributed by atoms with van der Waals surface area (Å²) in [5.41, 5.74) is 7.35. The number of benzene rings is 1. The number of aryl methyl sites for hydroxylation is 1. The normalized spacial score (nSPS) is 10.2. The van der Waals surface area contributed by atoms with Gasteiger partial charge in [0.15, 0.2) is 5.13 Å². The van der Waals surface area contributed by atoms with E-state index in [-0.39, 0.29) is 5.91 Å². The molecule has 1 aromatic heterocycles. The highest BCUT2D eigenvalue weighted by atomic mass is 35.5. The lowest BCUT2D eigenvalue weighted by molar-refractivity contribution is 0.102. The molecule has 0 atom stereocenters. The van der Waals surface area contributed by atoms with Gasteiger partial charge in [0.25, 0.3) is 5.91 Å². The van der Waals surface area contributed by atoms with Crippen LogP contribution in [0.3, 0.4) is 0 Å². The topological polar surface area (TPSA) is 68.0 Å². The summed E-state index contributed by atoms with van der Waals surface area (Å²) in [5.74, 6) is -0.247. The van der Waals surface area contributed by atoms with E-state index in [9.17, 15) is 4.79 Å². The Kier molecular flexibility index (Phi) is 3.31. The van der Waals surface area contributed by atoms with Crippen molar-refractivity contribution in [2.75, 3.05) is 11.1 Å². The minimum absolute atomic E-state index is 0.247. The number of nitrogen functional groups attached to an aromatic ring is 1. The molecule has 1 amide bonds. The van der Waals surface area contributed by atoms with Gasteiger partial charge in [-0.15, -0.1) is 11.3 Å². The number of hydrogen-bond donors (Lipinski definition) is 2. The van der Waals surface area contributed by atoms with Crippen LogP contribution in [0.1, 0.15) is 16.1 Å². The number of halogens is 1. The van der Waals surface area contributed by atoms with Gasteiger partial charge in [-0.1, -0.05) is 11.6 Å². The molecular weight excluding hydrogens is 258 g/mol. The van der Waals surface area contributed by atoms with Crippen LogP contribution in [0.5, 0.6) is 0 Å². The maximum Gasteiger partial charge on any atom is 0.257 e. The maximum atomic E-state index is 11.8. The molecule has 0 aliphatic heterocycles. The molecule has 1 aromatic carbocycles. The first-order chi connectivity index (χ1) is 8.06. The van der Waals surface area contributed by atoms with Gasteiger partial charge in [-0.3, -0.25) is 10.1 Å². The van der Waals surface area contributed by atoms with Crippen LogP contribution in [0.4, 0.5) is 10.8 Å². The second kappa shape index (κ2) is 4.73. The van der Waals surface area contributed by atoms with Gasteiger partial charge < -0.3 is 5.73 Å². The van der Waals surface area contributed by atoms with Crippen molar-refractivity contribution >= 4 is 39.7 Å². The largest absolute Gasteiger partial charge is 0.398 e. The molecule has 88 valence electrons. The lowest BCUT2D eigenvalue weighted by atomic mass is 10.2. The number of carbonyl (C=O) groups is 1. The molecule has 0 unspecified atom stereocenters. The Morgan fingerprint density at radius 3 is 2.88 bits per heavy atom. The summed E-state index contributed by atoms with van der Waals surface area (Å²) >= 11 is 7.16. The van der Waals surface area contributed by atoms with Crippen LogP contribution in [0, 0.1) is 6.92 Å². The molecule has 0 radical (unpaired) electrons. The van der Waals surface area contributed by atoms with Crippen LogP contribution in [-0.4, -0.2) is 10.9 Å². The zero-order valence-electron chi connectivity index (χ0n) is 9.03. The first-order valence-electron chi connectivity index (χ1n) is 4.85. The summed E-state index contributed by atoms with van der Waals surface area (Å²) in [7, 11) is 0. The first kappa shape index (κ1) is 11.9. The highest BCUT2D eigenvalue weighted by Crippen LogP contribution is 2.21. The molecule has 0 saturated heterocycles. The van der Waals surface area contributed by atoms with Gasteiger partial charge in [0.05, 0.1) is 16.4 Å². The van der Waals surface area contributed by atoms with Gasteiger partial charge in [-0.2, -0.15) is 0 Å². The minimum atomic E-state index is -0.247. The molecule has 4 nitrogen and oxygen atoms in total. The quantitative estimate of drug-likeness (QED) is 0.822. The fraction of sp³-hybridized carbons (Fsp3) is 0.0909. The van der Waals surface area contributed by atoms with Crippen molar-refractivity contribution in [1.82, 2.24) is 4.98 Å². The average Bonchev–Trinajstić information content (AvgIpc) is 2.68. The predicted molar refractivity (Wildman–Crippen MR) is 70.7 cm³/mol. The minimum Gasteiger partial charge on any atom is -0.398 e. The van der Waals surface area contributed by atoms with E-state index in [0.29, 0.717) is 21.4 Å². The van der Waals surface area contributed by atoms with E-state index in [1.807, 2.05) is 12.3 Å². The standard InChI is InChI=1S/C11H10ClN3OS/c1-6-5-17-11(14-6)15-10(16)7-2-3-8(12)9(13)4-7/h2-5H,13H2,1H3,(H,14,15,16). The Morgan fingerprint density at radius 1 is 1.53 bits per heavy atom. The molecule has 0 aliphatic carbocycles. The third kappa shape index (κ3) is 2.75. The molecule has 0 fully saturated rings. The van der Waals surface area contributed by atoms with Gasteiger partial charge in [0, 0.05) is 10.9 Å². The number of hydrogen-bond acceptors (Lipinski definition) is 4. The van der Waals surface area contributed by atoms with Crippen molar-refractivity contribution in [3.8, 4) is 0 Å². The Balaban J connectivity index is 2.17. The summed E-state index contributed by atoms with van der Waals surface area (Å²) in [6.45, 7) is 1.87. The second-order valence-corrected chi connectivity index (χ2v) is 4.75.